The van der Waals surface area contributed by atoms with Crippen LogP contribution in [0.25, 0.3) is 0 Å². The van der Waals surface area contributed by atoms with Crippen LogP contribution < -0.4 is 10.6 Å². The van der Waals surface area contributed by atoms with Gasteiger partial charge < -0.3 is 10.6 Å². The molecule has 76 valence electrons. The van der Waals surface area contributed by atoms with E-state index in [4.69, 9.17) is 0 Å². The molecule has 0 saturated heterocycles. The topological polar surface area (TPSA) is 37.0 Å². The fourth-order valence-corrected chi connectivity index (χ4v) is 1.30. The van der Waals surface area contributed by atoms with E-state index in [1.165, 1.54) is 12.8 Å². The van der Waals surface area contributed by atoms with E-state index < -0.39 is 0 Å². The van der Waals surface area contributed by atoms with Crippen molar-refractivity contribution in [2.24, 2.45) is 0 Å². The molecule has 2 rings (SSSR count). The number of hydrogen-bond acceptors (Lipinski definition) is 3. The number of nitrogens with zero attached hydrogens (tertiary/aromatic N) is 1. The first-order chi connectivity index (χ1) is 6.88. The van der Waals surface area contributed by atoms with Crippen LogP contribution in [0.3, 0.4) is 0 Å². The van der Waals surface area contributed by atoms with Gasteiger partial charge in [0.2, 0.25) is 0 Å². The Labute approximate surface area is 84.9 Å². The molecule has 0 aromatic carbocycles. The van der Waals surface area contributed by atoms with Crippen LogP contribution >= 0.6 is 0 Å². The van der Waals surface area contributed by atoms with Crippen molar-refractivity contribution in [3.63, 3.8) is 0 Å². The Morgan fingerprint density at radius 3 is 2.86 bits per heavy atom. The van der Waals surface area contributed by atoms with Gasteiger partial charge >= 0.3 is 0 Å². The highest BCUT2D eigenvalue weighted by Crippen LogP contribution is 2.24. The van der Waals surface area contributed by atoms with Gasteiger partial charge in [-0.3, -0.25) is 0 Å². The van der Waals surface area contributed by atoms with Gasteiger partial charge in [-0.25, -0.2) is 4.98 Å². The lowest BCUT2D eigenvalue weighted by atomic mass is 10.4. The fraction of sp³-hybridized carbons (Fsp3) is 0.545. The van der Waals surface area contributed by atoms with Crippen LogP contribution in [0.2, 0.25) is 0 Å². The molecule has 1 heterocycles. The molecule has 1 aromatic heterocycles. The number of nitrogens with one attached hydrogen (secondary N) is 2. The average Bonchev–Trinajstić information content (AvgIpc) is 2.99. The van der Waals surface area contributed by atoms with Crippen LogP contribution in [-0.4, -0.2) is 17.6 Å². The van der Waals surface area contributed by atoms with Crippen LogP contribution in [0.15, 0.2) is 18.2 Å². The third-order valence-electron chi connectivity index (χ3n) is 2.23. The molecule has 1 aliphatic carbocycles. The molecule has 0 unspecified atom stereocenters. The van der Waals surface area contributed by atoms with Crippen LogP contribution in [0.4, 0.5) is 11.6 Å². The minimum atomic E-state index is 0.670. The quantitative estimate of drug-likeness (QED) is 0.750. The van der Waals surface area contributed by atoms with Gasteiger partial charge in [-0.2, -0.15) is 0 Å². The highest BCUT2D eigenvalue weighted by atomic mass is 15.1. The molecule has 0 atom stereocenters. The molecule has 0 amide bonds. The van der Waals surface area contributed by atoms with Gasteiger partial charge in [-0.15, -0.1) is 0 Å². The fourth-order valence-electron chi connectivity index (χ4n) is 1.30. The van der Waals surface area contributed by atoms with Gasteiger partial charge in [0.05, 0.1) is 0 Å². The smallest absolute Gasteiger partial charge is 0.128 e. The van der Waals surface area contributed by atoms with E-state index in [0.717, 1.165) is 24.6 Å². The van der Waals surface area contributed by atoms with E-state index in [2.05, 4.69) is 22.5 Å². The van der Waals surface area contributed by atoms with E-state index in [-0.39, 0.29) is 0 Å². The number of anilines is 2. The first kappa shape index (κ1) is 9.31. The number of pyridine rings is 1. The van der Waals surface area contributed by atoms with Crippen molar-refractivity contribution in [2.75, 3.05) is 17.2 Å². The SMILES string of the molecule is CCCNc1cccc(NC2CC2)n1. The maximum Gasteiger partial charge on any atom is 0.128 e. The molecule has 3 heteroatoms. The van der Waals surface area contributed by atoms with Crippen molar-refractivity contribution >= 4 is 11.6 Å². The Morgan fingerprint density at radius 2 is 2.14 bits per heavy atom. The number of rotatable bonds is 5. The summed E-state index contributed by atoms with van der Waals surface area (Å²) < 4.78 is 0. The second-order valence-corrected chi connectivity index (χ2v) is 3.75. The van der Waals surface area contributed by atoms with E-state index in [1.807, 2.05) is 18.2 Å². The highest BCUT2D eigenvalue weighted by molar-refractivity contribution is 5.46. The summed E-state index contributed by atoms with van der Waals surface area (Å²) in [5, 5.41) is 6.66. The lowest BCUT2D eigenvalue weighted by Gasteiger charge is -2.07. The Kier molecular flexibility index (Phi) is 2.87. The van der Waals surface area contributed by atoms with E-state index in [1.54, 1.807) is 0 Å². The van der Waals surface area contributed by atoms with Gasteiger partial charge in [-0.1, -0.05) is 13.0 Å². The molecule has 14 heavy (non-hydrogen) atoms. The van der Waals surface area contributed by atoms with Crippen LogP contribution in [-0.2, 0) is 0 Å². The Hall–Kier alpha value is -1.25. The zero-order valence-electron chi connectivity index (χ0n) is 8.59. The maximum atomic E-state index is 4.47. The third kappa shape index (κ3) is 2.62. The van der Waals surface area contributed by atoms with Crippen molar-refractivity contribution in [1.29, 1.82) is 0 Å². The molecule has 0 bridgehead atoms. The molecule has 1 saturated carbocycles. The summed E-state index contributed by atoms with van der Waals surface area (Å²) in [6.07, 6.45) is 3.70. The Morgan fingerprint density at radius 1 is 1.36 bits per heavy atom. The zero-order valence-corrected chi connectivity index (χ0v) is 8.59. The zero-order chi connectivity index (χ0) is 9.80. The largest absolute Gasteiger partial charge is 0.370 e. The van der Waals surface area contributed by atoms with E-state index >= 15 is 0 Å². The van der Waals surface area contributed by atoms with Gasteiger partial charge in [0.1, 0.15) is 11.6 Å². The van der Waals surface area contributed by atoms with Crippen molar-refractivity contribution < 1.29 is 0 Å². The predicted octanol–water partition coefficient (Wildman–Crippen LogP) is 2.48. The molecule has 1 aliphatic rings. The molecular formula is C11H17N3. The molecule has 0 spiro atoms. The lowest BCUT2D eigenvalue weighted by Crippen LogP contribution is -2.06. The maximum absolute atomic E-state index is 4.47. The van der Waals surface area contributed by atoms with Crippen LogP contribution in [0.1, 0.15) is 26.2 Å². The van der Waals surface area contributed by atoms with Crippen molar-refractivity contribution in [3.8, 4) is 0 Å². The predicted molar refractivity (Wildman–Crippen MR) is 59.7 cm³/mol. The summed E-state index contributed by atoms with van der Waals surface area (Å²) >= 11 is 0. The second kappa shape index (κ2) is 4.31. The summed E-state index contributed by atoms with van der Waals surface area (Å²) in [6, 6.07) is 6.74. The van der Waals surface area contributed by atoms with Gasteiger partial charge in [0, 0.05) is 12.6 Å². The minimum absolute atomic E-state index is 0.670. The second-order valence-electron chi connectivity index (χ2n) is 3.75. The van der Waals surface area contributed by atoms with Gasteiger partial charge in [0.15, 0.2) is 0 Å². The van der Waals surface area contributed by atoms with Crippen LogP contribution in [0, 0.1) is 0 Å². The summed E-state index contributed by atoms with van der Waals surface area (Å²) in [6.45, 7) is 3.14. The summed E-state index contributed by atoms with van der Waals surface area (Å²) in [5.41, 5.74) is 0. The highest BCUT2D eigenvalue weighted by Gasteiger charge is 2.21. The Bertz CT molecular complexity index is 294. The molecular weight excluding hydrogens is 174 g/mol. The summed E-state index contributed by atoms with van der Waals surface area (Å²) in [4.78, 5) is 4.47. The van der Waals surface area contributed by atoms with Crippen molar-refractivity contribution in [3.05, 3.63) is 18.2 Å². The lowest BCUT2D eigenvalue weighted by molar-refractivity contribution is 0.968. The normalized spacial score (nSPS) is 15.2. The number of aromatic nitrogens is 1. The van der Waals surface area contributed by atoms with E-state index in [0.29, 0.717) is 6.04 Å². The first-order valence-electron chi connectivity index (χ1n) is 5.36. The standard InChI is InChI=1S/C11H17N3/c1-2-8-12-10-4-3-5-11(14-10)13-9-6-7-9/h3-5,9H,2,6-8H2,1H3,(H2,12,13,14). The first-order valence-corrected chi connectivity index (χ1v) is 5.36. The number of hydrogen-bond donors (Lipinski definition) is 2. The van der Waals surface area contributed by atoms with Crippen molar-refractivity contribution in [1.82, 2.24) is 4.98 Å². The molecule has 0 radical (unpaired) electrons. The van der Waals surface area contributed by atoms with Gasteiger partial charge in [-0.05, 0) is 31.4 Å². The summed E-state index contributed by atoms with van der Waals surface area (Å²) in [7, 11) is 0. The molecule has 3 nitrogen and oxygen atoms in total. The minimum Gasteiger partial charge on any atom is -0.370 e. The molecule has 0 aliphatic heterocycles. The van der Waals surface area contributed by atoms with Crippen molar-refractivity contribution in [2.45, 2.75) is 32.2 Å². The average molecular weight is 191 g/mol. The monoisotopic (exact) mass is 191 g/mol. The molecule has 1 fully saturated rings. The van der Waals surface area contributed by atoms with Gasteiger partial charge in [0.25, 0.3) is 0 Å². The van der Waals surface area contributed by atoms with Crippen LogP contribution in [0.5, 0.6) is 0 Å². The van der Waals surface area contributed by atoms with E-state index in [9.17, 15) is 0 Å². The molecule has 2 N–H and O–H groups in total. The summed E-state index contributed by atoms with van der Waals surface area (Å²) in [5.74, 6) is 1.96. The Balaban J connectivity index is 1.94. The third-order valence-corrected chi connectivity index (χ3v) is 2.23. The molecule has 1 aromatic rings.